The summed E-state index contributed by atoms with van der Waals surface area (Å²) in [6.07, 6.45) is 0.653. The highest BCUT2D eigenvalue weighted by atomic mass is 16.5. The molecule has 0 aliphatic rings. The molecule has 3 aromatic rings. The number of rotatable bonds is 6. The van der Waals surface area contributed by atoms with Crippen LogP contribution in [0.5, 0.6) is 5.75 Å². The summed E-state index contributed by atoms with van der Waals surface area (Å²) >= 11 is 0. The number of aromatic nitrogens is 2. The zero-order chi connectivity index (χ0) is 20.1. The van der Waals surface area contributed by atoms with Crippen molar-refractivity contribution in [2.24, 2.45) is 0 Å². The SMILES string of the molecule is COc1ccc(-c2noc(CCC(=O)Nc3ccc(C(C)(C)C)cc3)n2)cc1. The summed E-state index contributed by atoms with van der Waals surface area (Å²) in [5.74, 6) is 1.60. The Kier molecular flexibility index (Phi) is 5.78. The van der Waals surface area contributed by atoms with Gasteiger partial charge >= 0.3 is 0 Å². The number of ether oxygens (including phenoxy) is 1. The van der Waals surface area contributed by atoms with E-state index in [0.717, 1.165) is 17.0 Å². The number of hydrogen-bond acceptors (Lipinski definition) is 5. The van der Waals surface area contributed by atoms with Crippen molar-refractivity contribution in [1.82, 2.24) is 10.1 Å². The molecule has 0 bridgehead atoms. The average molecular weight is 379 g/mol. The van der Waals surface area contributed by atoms with Crippen LogP contribution in [0.15, 0.2) is 53.1 Å². The lowest BCUT2D eigenvalue weighted by Crippen LogP contribution is -2.14. The molecule has 0 unspecified atom stereocenters. The van der Waals surface area contributed by atoms with Crippen molar-refractivity contribution >= 4 is 11.6 Å². The lowest BCUT2D eigenvalue weighted by Gasteiger charge is -2.19. The fraction of sp³-hybridized carbons (Fsp3) is 0.318. The van der Waals surface area contributed by atoms with Crippen molar-refractivity contribution in [3.8, 4) is 17.1 Å². The third-order valence-electron chi connectivity index (χ3n) is 4.42. The minimum absolute atomic E-state index is 0.0854. The predicted molar refractivity (Wildman–Crippen MR) is 108 cm³/mol. The van der Waals surface area contributed by atoms with Gasteiger partial charge < -0.3 is 14.6 Å². The normalized spacial score (nSPS) is 11.3. The summed E-state index contributed by atoms with van der Waals surface area (Å²) in [5.41, 5.74) is 2.92. The van der Waals surface area contributed by atoms with E-state index in [4.69, 9.17) is 9.26 Å². The molecule has 1 N–H and O–H groups in total. The second kappa shape index (κ2) is 8.25. The summed E-state index contributed by atoms with van der Waals surface area (Å²) in [6.45, 7) is 6.47. The van der Waals surface area contributed by atoms with Gasteiger partial charge in [-0.3, -0.25) is 4.79 Å². The van der Waals surface area contributed by atoms with Gasteiger partial charge in [0, 0.05) is 24.1 Å². The van der Waals surface area contributed by atoms with E-state index >= 15 is 0 Å². The number of amides is 1. The number of nitrogens with zero attached hydrogens (tertiary/aromatic N) is 2. The molecule has 0 radical (unpaired) electrons. The van der Waals surface area contributed by atoms with Crippen LogP contribution in [0.3, 0.4) is 0 Å². The minimum atomic E-state index is -0.0901. The van der Waals surface area contributed by atoms with Crippen LogP contribution in [0.25, 0.3) is 11.4 Å². The highest BCUT2D eigenvalue weighted by molar-refractivity contribution is 5.90. The summed E-state index contributed by atoms with van der Waals surface area (Å²) in [5, 5.41) is 6.88. The van der Waals surface area contributed by atoms with Crippen LogP contribution in [-0.4, -0.2) is 23.2 Å². The third-order valence-corrected chi connectivity index (χ3v) is 4.42. The van der Waals surface area contributed by atoms with Gasteiger partial charge in [0.05, 0.1) is 7.11 Å². The number of aryl methyl sites for hydroxylation is 1. The first-order valence-electron chi connectivity index (χ1n) is 9.22. The summed E-state index contributed by atoms with van der Waals surface area (Å²) < 4.78 is 10.4. The zero-order valence-corrected chi connectivity index (χ0v) is 16.7. The number of methoxy groups -OCH3 is 1. The standard InChI is InChI=1S/C22H25N3O3/c1-22(2,3)16-7-9-17(10-8-16)23-19(26)13-14-20-24-21(25-28-20)15-5-11-18(27-4)12-6-15/h5-12H,13-14H2,1-4H3,(H,23,26). The van der Waals surface area contributed by atoms with E-state index in [-0.39, 0.29) is 17.7 Å². The van der Waals surface area contributed by atoms with Crippen LogP contribution < -0.4 is 10.1 Å². The Labute approximate surface area is 164 Å². The van der Waals surface area contributed by atoms with Gasteiger partial charge in [-0.05, 0) is 47.4 Å². The molecular weight excluding hydrogens is 354 g/mol. The molecule has 0 aliphatic carbocycles. The van der Waals surface area contributed by atoms with Gasteiger partial charge in [-0.25, -0.2) is 0 Å². The van der Waals surface area contributed by atoms with Crippen molar-refractivity contribution in [2.75, 3.05) is 12.4 Å². The molecule has 1 heterocycles. The van der Waals surface area contributed by atoms with Crippen molar-refractivity contribution in [3.63, 3.8) is 0 Å². The molecule has 0 atom stereocenters. The Bertz CT molecular complexity index is 923. The van der Waals surface area contributed by atoms with Gasteiger partial charge in [-0.1, -0.05) is 38.1 Å². The number of carbonyl (C=O) groups excluding carboxylic acids is 1. The summed E-state index contributed by atoms with van der Waals surface area (Å²) in [7, 11) is 1.62. The largest absolute Gasteiger partial charge is 0.497 e. The van der Waals surface area contributed by atoms with Gasteiger partial charge in [-0.2, -0.15) is 4.98 Å². The van der Waals surface area contributed by atoms with Crippen LogP contribution in [0.1, 0.15) is 38.6 Å². The Hall–Kier alpha value is -3.15. The number of anilines is 1. The lowest BCUT2D eigenvalue weighted by molar-refractivity contribution is -0.116. The molecule has 0 fully saturated rings. The molecule has 1 amide bonds. The number of carbonyl (C=O) groups is 1. The van der Waals surface area contributed by atoms with Crippen LogP contribution in [0.4, 0.5) is 5.69 Å². The van der Waals surface area contributed by atoms with E-state index in [9.17, 15) is 4.79 Å². The number of nitrogens with one attached hydrogen (secondary N) is 1. The first-order valence-corrected chi connectivity index (χ1v) is 9.22. The maximum absolute atomic E-state index is 12.2. The highest BCUT2D eigenvalue weighted by Gasteiger charge is 2.14. The monoisotopic (exact) mass is 379 g/mol. The van der Waals surface area contributed by atoms with Gasteiger partial charge in [0.1, 0.15) is 5.75 Å². The molecule has 1 aromatic heterocycles. The number of hydrogen-bond donors (Lipinski definition) is 1. The molecule has 6 nitrogen and oxygen atoms in total. The number of benzene rings is 2. The third kappa shape index (κ3) is 4.97. The fourth-order valence-electron chi connectivity index (χ4n) is 2.71. The maximum atomic E-state index is 12.2. The van der Waals surface area contributed by atoms with Crippen LogP contribution >= 0.6 is 0 Å². The molecule has 6 heteroatoms. The molecule has 28 heavy (non-hydrogen) atoms. The quantitative estimate of drug-likeness (QED) is 0.676. The van der Waals surface area contributed by atoms with Crippen LogP contribution in [-0.2, 0) is 16.6 Å². The van der Waals surface area contributed by atoms with Crippen molar-refractivity contribution in [2.45, 2.75) is 39.0 Å². The molecule has 0 saturated carbocycles. The molecule has 0 saturated heterocycles. The van der Waals surface area contributed by atoms with Crippen LogP contribution in [0, 0.1) is 0 Å². The lowest BCUT2D eigenvalue weighted by atomic mass is 9.87. The maximum Gasteiger partial charge on any atom is 0.227 e. The Morgan fingerprint density at radius 2 is 1.75 bits per heavy atom. The highest BCUT2D eigenvalue weighted by Crippen LogP contribution is 2.24. The van der Waals surface area contributed by atoms with E-state index in [0.29, 0.717) is 18.1 Å². The molecule has 3 rings (SSSR count). The van der Waals surface area contributed by atoms with Gasteiger partial charge in [-0.15, -0.1) is 0 Å². The predicted octanol–water partition coefficient (Wildman–Crippen LogP) is 4.61. The molecular formula is C22H25N3O3. The van der Waals surface area contributed by atoms with Crippen LogP contribution in [0.2, 0.25) is 0 Å². The Balaban J connectivity index is 1.54. The molecule has 146 valence electrons. The van der Waals surface area contributed by atoms with Gasteiger partial charge in [0.2, 0.25) is 17.6 Å². The first kappa shape index (κ1) is 19.6. The minimum Gasteiger partial charge on any atom is -0.497 e. The molecule has 0 aliphatic heterocycles. The van der Waals surface area contributed by atoms with Gasteiger partial charge in [0.25, 0.3) is 0 Å². The van der Waals surface area contributed by atoms with E-state index in [1.54, 1.807) is 7.11 Å². The molecule has 2 aromatic carbocycles. The van der Waals surface area contributed by atoms with E-state index < -0.39 is 0 Å². The second-order valence-electron chi connectivity index (χ2n) is 7.62. The smallest absolute Gasteiger partial charge is 0.227 e. The summed E-state index contributed by atoms with van der Waals surface area (Å²) in [4.78, 5) is 16.6. The first-order chi connectivity index (χ1) is 13.3. The van der Waals surface area contributed by atoms with Gasteiger partial charge in [0.15, 0.2) is 0 Å². The molecule has 0 spiro atoms. The van der Waals surface area contributed by atoms with Crippen molar-refractivity contribution in [3.05, 3.63) is 60.0 Å². The van der Waals surface area contributed by atoms with E-state index in [1.807, 2.05) is 48.5 Å². The second-order valence-corrected chi connectivity index (χ2v) is 7.62. The topological polar surface area (TPSA) is 77.2 Å². The average Bonchev–Trinajstić information content (AvgIpc) is 3.15. The van der Waals surface area contributed by atoms with Crippen molar-refractivity contribution < 1.29 is 14.1 Å². The fourth-order valence-corrected chi connectivity index (χ4v) is 2.71. The van der Waals surface area contributed by atoms with Crippen molar-refractivity contribution in [1.29, 1.82) is 0 Å². The van der Waals surface area contributed by atoms with E-state index in [1.165, 1.54) is 5.56 Å². The Morgan fingerprint density at radius 3 is 2.36 bits per heavy atom. The zero-order valence-electron chi connectivity index (χ0n) is 16.7. The van der Waals surface area contributed by atoms with E-state index in [2.05, 4.69) is 36.2 Å². The summed E-state index contributed by atoms with van der Waals surface area (Å²) in [6, 6.07) is 15.3. The Morgan fingerprint density at radius 1 is 1.07 bits per heavy atom.